The Bertz CT molecular complexity index is 559. The van der Waals surface area contributed by atoms with Crippen LogP contribution in [-0.2, 0) is 11.3 Å². The zero-order valence-electron chi connectivity index (χ0n) is 14.4. The average molecular weight is 318 g/mol. The summed E-state index contributed by atoms with van der Waals surface area (Å²) in [4.78, 5) is 21.7. The van der Waals surface area contributed by atoms with E-state index in [0.717, 1.165) is 43.5 Å². The van der Waals surface area contributed by atoms with Crippen LogP contribution in [0.4, 0.5) is 5.82 Å². The van der Waals surface area contributed by atoms with E-state index in [2.05, 4.69) is 43.7 Å². The number of rotatable bonds is 7. The maximum atomic E-state index is 5.16. The first-order valence-corrected chi connectivity index (χ1v) is 7.90. The Labute approximate surface area is 138 Å². The lowest BCUT2D eigenvalue weighted by Gasteiger charge is -2.28. The Balaban J connectivity index is 2.06. The molecule has 1 aliphatic heterocycles. The quantitative estimate of drug-likeness (QED) is 0.757. The van der Waals surface area contributed by atoms with Gasteiger partial charge in [-0.2, -0.15) is 0 Å². The average Bonchev–Trinajstić information content (AvgIpc) is 2.59. The van der Waals surface area contributed by atoms with Crippen molar-refractivity contribution in [1.29, 1.82) is 0 Å². The Morgan fingerprint density at radius 2 is 2.26 bits per heavy atom. The maximum Gasteiger partial charge on any atom is 0.141 e. The van der Waals surface area contributed by atoms with Gasteiger partial charge in [0.1, 0.15) is 18.0 Å². The summed E-state index contributed by atoms with van der Waals surface area (Å²) in [7, 11) is 5.57. The number of ether oxygens (including phenoxy) is 1. The van der Waals surface area contributed by atoms with E-state index >= 15 is 0 Å². The van der Waals surface area contributed by atoms with Gasteiger partial charge in [-0.15, -0.1) is 0 Å². The summed E-state index contributed by atoms with van der Waals surface area (Å²) in [6.45, 7) is 5.29. The van der Waals surface area contributed by atoms with Crippen LogP contribution in [0.3, 0.4) is 0 Å². The monoisotopic (exact) mass is 318 g/mol. The number of anilines is 1. The molecule has 1 unspecified atom stereocenters. The fourth-order valence-electron chi connectivity index (χ4n) is 2.45. The molecule has 0 saturated carbocycles. The number of hydrogen-bond donors (Lipinski definition) is 0. The first-order chi connectivity index (χ1) is 11.2. The molecule has 2 rings (SSSR count). The van der Waals surface area contributed by atoms with Crippen LogP contribution < -0.4 is 4.90 Å². The normalized spacial score (nSPS) is 17.6. The van der Waals surface area contributed by atoms with Crippen molar-refractivity contribution in [2.45, 2.75) is 25.9 Å². The van der Waals surface area contributed by atoms with Crippen LogP contribution in [0, 0.1) is 0 Å². The minimum atomic E-state index is 0.354. The number of aromatic nitrogens is 2. The molecule has 0 saturated heterocycles. The molecule has 0 radical (unpaired) electrons. The molecule has 0 amide bonds. The highest BCUT2D eigenvalue weighted by Crippen LogP contribution is 2.15. The molecule has 0 aromatic carbocycles. The standard InChI is InChI=1S/C16H26N6O/c1-13(5-8-23-4)21(3)15-9-14(19-12-20-15)11-22-7-6-18-10-16(22)17-2/h9-10,12-13H,5-8,11H2,1-4H3. The topological polar surface area (TPSA) is 66.2 Å². The van der Waals surface area contributed by atoms with E-state index in [1.54, 1.807) is 20.5 Å². The second kappa shape index (κ2) is 8.57. The van der Waals surface area contributed by atoms with Crippen LogP contribution in [0.5, 0.6) is 0 Å². The summed E-state index contributed by atoms with van der Waals surface area (Å²) < 4.78 is 5.16. The smallest absolute Gasteiger partial charge is 0.141 e. The number of methoxy groups -OCH3 is 1. The fraction of sp³-hybridized carbons (Fsp3) is 0.625. The SMILES string of the molecule is CN=C1C=NCCN1Cc1cc(N(C)C(C)CCOC)ncn1. The van der Waals surface area contributed by atoms with E-state index in [9.17, 15) is 0 Å². The van der Waals surface area contributed by atoms with Crippen LogP contribution in [-0.4, -0.2) is 73.9 Å². The van der Waals surface area contributed by atoms with Crippen molar-refractivity contribution in [2.24, 2.45) is 9.98 Å². The summed E-state index contributed by atoms with van der Waals surface area (Å²) in [5.41, 5.74) is 0.984. The first kappa shape index (κ1) is 17.3. The molecular formula is C16H26N6O. The van der Waals surface area contributed by atoms with Crippen molar-refractivity contribution in [2.75, 3.05) is 45.8 Å². The van der Waals surface area contributed by atoms with E-state index < -0.39 is 0 Å². The molecule has 0 aliphatic carbocycles. The van der Waals surface area contributed by atoms with E-state index in [4.69, 9.17) is 4.74 Å². The minimum absolute atomic E-state index is 0.354. The van der Waals surface area contributed by atoms with Crippen LogP contribution in [0.2, 0.25) is 0 Å². The first-order valence-electron chi connectivity index (χ1n) is 7.90. The second-order valence-corrected chi connectivity index (χ2v) is 5.65. The van der Waals surface area contributed by atoms with Crippen LogP contribution in [0.1, 0.15) is 19.0 Å². The molecule has 7 heteroatoms. The van der Waals surface area contributed by atoms with E-state index in [1.807, 2.05) is 12.3 Å². The summed E-state index contributed by atoms with van der Waals surface area (Å²) in [6.07, 6.45) is 4.41. The molecular weight excluding hydrogens is 292 g/mol. The van der Waals surface area contributed by atoms with Crippen LogP contribution in [0.15, 0.2) is 22.4 Å². The lowest BCUT2D eigenvalue weighted by molar-refractivity contribution is 0.189. The molecule has 0 N–H and O–H groups in total. The third-order valence-electron chi connectivity index (χ3n) is 4.08. The minimum Gasteiger partial charge on any atom is -0.385 e. The van der Waals surface area contributed by atoms with Gasteiger partial charge in [0.25, 0.3) is 0 Å². The van der Waals surface area contributed by atoms with Gasteiger partial charge in [-0.05, 0) is 13.3 Å². The third kappa shape index (κ3) is 4.72. The van der Waals surface area contributed by atoms with Crippen molar-refractivity contribution in [3.05, 3.63) is 18.1 Å². The van der Waals surface area contributed by atoms with Gasteiger partial charge in [-0.1, -0.05) is 0 Å². The van der Waals surface area contributed by atoms with Crippen molar-refractivity contribution in [3.8, 4) is 0 Å². The molecule has 0 bridgehead atoms. The number of aliphatic imine (C=N–C) groups is 2. The molecule has 7 nitrogen and oxygen atoms in total. The molecule has 2 heterocycles. The third-order valence-corrected chi connectivity index (χ3v) is 4.08. The molecule has 1 aromatic rings. The number of hydrogen-bond acceptors (Lipinski definition) is 6. The number of nitrogens with zero attached hydrogens (tertiary/aromatic N) is 6. The largest absolute Gasteiger partial charge is 0.385 e. The van der Waals surface area contributed by atoms with E-state index in [1.165, 1.54) is 0 Å². The summed E-state index contributed by atoms with van der Waals surface area (Å²) in [5, 5.41) is 0. The summed E-state index contributed by atoms with van der Waals surface area (Å²) in [6, 6.07) is 2.40. The molecule has 0 fully saturated rings. The van der Waals surface area contributed by atoms with Crippen molar-refractivity contribution in [3.63, 3.8) is 0 Å². The Kier molecular flexibility index (Phi) is 6.46. The highest BCUT2D eigenvalue weighted by molar-refractivity contribution is 6.29. The predicted molar refractivity (Wildman–Crippen MR) is 93.5 cm³/mol. The highest BCUT2D eigenvalue weighted by atomic mass is 16.5. The lowest BCUT2D eigenvalue weighted by Crippen LogP contribution is -2.37. The molecule has 0 spiro atoms. The zero-order valence-corrected chi connectivity index (χ0v) is 14.4. The number of amidine groups is 1. The van der Waals surface area contributed by atoms with E-state index in [0.29, 0.717) is 12.6 Å². The van der Waals surface area contributed by atoms with Gasteiger partial charge < -0.3 is 14.5 Å². The summed E-state index contributed by atoms with van der Waals surface area (Å²) in [5.74, 6) is 1.83. The van der Waals surface area contributed by atoms with Gasteiger partial charge in [0.2, 0.25) is 0 Å². The predicted octanol–water partition coefficient (Wildman–Crippen LogP) is 1.25. The van der Waals surface area contributed by atoms with Gasteiger partial charge >= 0.3 is 0 Å². The van der Waals surface area contributed by atoms with Crippen molar-refractivity contribution >= 4 is 17.9 Å². The van der Waals surface area contributed by atoms with Gasteiger partial charge in [-0.3, -0.25) is 9.98 Å². The molecule has 126 valence electrons. The van der Waals surface area contributed by atoms with Crippen molar-refractivity contribution in [1.82, 2.24) is 14.9 Å². The molecule has 1 aliphatic rings. The Morgan fingerprint density at radius 3 is 3.00 bits per heavy atom. The highest BCUT2D eigenvalue weighted by Gasteiger charge is 2.16. The van der Waals surface area contributed by atoms with Crippen LogP contribution in [0.25, 0.3) is 0 Å². The van der Waals surface area contributed by atoms with Gasteiger partial charge in [0, 0.05) is 46.5 Å². The fourth-order valence-corrected chi connectivity index (χ4v) is 2.45. The Hall–Kier alpha value is -2.02. The van der Waals surface area contributed by atoms with Gasteiger partial charge in [-0.25, -0.2) is 9.97 Å². The lowest BCUT2D eigenvalue weighted by atomic mass is 10.2. The molecule has 23 heavy (non-hydrogen) atoms. The molecule has 1 aromatic heterocycles. The second-order valence-electron chi connectivity index (χ2n) is 5.65. The summed E-state index contributed by atoms with van der Waals surface area (Å²) >= 11 is 0. The molecule has 1 atom stereocenters. The van der Waals surface area contributed by atoms with Crippen LogP contribution >= 0.6 is 0 Å². The van der Waals surface area contributed by atoms with Crippen molar-refractivity contribution < 1.29 is 4.74 Å². The zero-order chi connectivity index (χ0) is 16.7. The Morgan fingerprint density at radius 1 is 1.43 bits per heavy atom. The van der Waals surface area contributed by atoms with Gasteiger partial charge in [0.05, 0.1) is 25.0 Å². The van der Waals surface area contributed by atoms with Gasteiger partial charge in [0.15, 0.2) is 0 Å². The van der Waals surface area contributed by atoms with E-state index in [-0.39, 0.29) is 0 Å². The maximum absolute atomic E-state index is 5.16.